The predicted molar refractivity (Wildman–Crippen MR) is 106 cm³/mol. The minimum atomic E-state index is -0.0204. The largest absolute Gasteiger partial charge is 0.497 e. The minimum absolute atomic E-state index is 0.00265. The summed E-state index contributed by atoms with van der Waals surface area (Å²) in [5.41, 5.74) is 0.627. The third-order valence-corrected chi connectivity index (χ3v) is 5.99. The van der Waals surface area contributed by atoms with Gasteiger partial charge >= 0.3 is 0 Å². The van der Waals surface area contributed by atoms with E-state index in [9.17, 15) is 9.59 Å². The molecule has 2 aliphatic rings. The van der Waals surface area contributed by atoms with Crippen molar-refractivity contribution >= 4 is 11.7 Å². The second-order valence-corrected chi connectivity index (χ2v) is 7.90. The Hall–Kier alpha value is -1.88. The van der Waals surface area contributed by atoms with Crippen LogP contribution in [0.15, 0.2) is 24.3 Å². The summed E-state index contributed by atoms with van der Waals surface area (Å²) in [5, 5.41) is 3.04. The standard InChI is InChI=1S/C22H32N2O3/c1-27-20-9-7-18(8-10-20)21(25)11-12-22(26)23-15-17-13-14-24(16-17)19-5-3-2-4-6-19/h7-10,17,19H,2-6,11-16H2,1H3,(H,23,26)/t17-/m0/s1. The van der Waals surface area contributed by atoms with Gasteiger partial charge in [0.15, 0.2) is 5.78 Å². The van der Waals surface area contributed by atoms with Crippen molar-refractivity contribution in [3.63, 3.8) is 0 Å². The lowest BCUT2D eigenvalue weighted by molar-refractivity contribution is -0.121. The first-order valence-corrected chi connectivity index (χ1v) is 10.3. The molecular formula is C22H32N2O3. The van der Waals surface area contributed by atoms with Crippen molar-refractivity contribution in [3.05, 3.63) is 29.8 Å². The first kappa shape index (κ1) is 19.9. The molecule has 5 heteroatoms. The summed E-state index contributed by atoms with van der Waals surface area (Å²) in [5.74, 6) is 1.25. The van der Waals surface area contributed by atoms with E-state index in [4.69, 9.17) is 4.74 Å². The fraction of sp³-hybridized carbons (Fsp3) is 0.636. The van der Waals surface area contributed by atoms with Gasteiger partial charge in [-0.25, -0.2) is 0 Å². The summed E-state index contributed by atoms with van der Waals surface area (Å²) in [7, 11) is 1.60. The number of ketones is 1. The van der Waals surface area contributed by atoms with Crippen molar-refractivity contribution < 1.29 is 14.3 Å². The molecule has 1 atom stereocenters. The molecule has 27 heavy (non-hydrogen) atoms. The summed E-state index contributed by atoms with van der Waals surface area (Å²) in [4.78, 5) is 27.0. The molecule has 2 fully saturated rings. The normalized spacial score (nSPS) is 21.1. The number of rotatable bonds is 8. The van der Waals surface area contributed by atoms with E-state index in [-0.39, 0.29) is 24.5 Å². The highest BCUT2D eigenvalue weighted by molar-refractivity contribution is 5.98. The highest BCUT2D eigenvalue weighted by atomic mass is 16.5. The molecule has 1 N–H and O–H groups in total. The van der Waals surface area contributed by atoms with Crippen molar-refractivity contribution in [2.75, 3.05) is 26.7 Å². The van der Waals surface area contributed by atoms with Gasteiger partial charge in [0.05, 0.1) is 7.11 Å². The van der Waals surface area contributed by atoms with E-state index in [0.29, 0.717) is 11.5 Å². The van der Waals surface area contributed by atoms with E-state index in [1.165, 1.54) is 45.1 Å². The summed E-state index contributed by atoms with van der Waals surface area (Å²) in [6, 6.07) is 7.80. The number of amides is 1. The molecule has 0 bridgehead atoms. The SMILES string of the molecule is COc1ccc(C(=O)CCC(=O)NC[C@@H]2CCN(C3CCCCC3)C2)cc1. The first-order valence-electron chi connectivity index (χ1n) is 10.3. The summed E-state index contributed by atoms with van der Waals surface area (Å²) < 4.78 is 5.10. The average Bonchev–Trinajstić information content (AvgIpc) is 3.20. The fourth-order valence-electron chi connectivity index (χ4n) is 4.30. The number of ether oxygens (including phenoxy) is 1. The molecule has 0 spiro atoms. The van der Waals surface area contributed by atoms with Crippen molar-refractivity contribution in [1.82, 2.24) is 10.2 Å². The lowest BCUT2D eigenvalue weighted by Gasteiger charge is -2.31. The number of nitrogens with one attached hydrogen (secondary N) is 1. The molecule has 1 saturated heterocycles. The summed E-state index contributed by atoms with van der Waals surface area (Å²) in [6.45, 7) is 3.01. The molecular weight excluding hydrogens is 340 g/mol. The second kappa shape index (κ2) is 9.88. The molecule has 1 aliphatic heterocycles. The Kier molecular flexibility index (Phi) is 7.27. The maximum atomic E-state index is 12.2. The number of carbonyl (C=O) groups excluding carboxylic acids is 2. The highest BCUT2D eigenvalue weighted by Gasteiger charge is 2.29. The van der Waals surface area contributed by atoms with Crippen LogP contribution in [0.5, 0.6) is 5.75 Å². The van der Waals surface area contributed by atoms with Gasteiger partial charge in [-0.3, -0.25) is 9.59 Å². The van der Waals surface area contributed by atoms with Gasteiger partial charge in [0.2, 0.25) is 5.91 Å². The zero-order valence-corrected chi connectivity index (χ0v) is 16.4. The van der Waals surface area contributed by atoms with Crippen LogP contribution < -0.4 is 10.1 Å². The van der Waals surface area contributed by atoms with E-state index in [0.717, 1.165) is 24.9 Å². The van der Waals surface area contributed by atoms with Gasteiger partial charge in [-0.15, -0.1) is 0 Å². The monoisotopic (exact) mass is 372 g/mol. The molecule has 1 amide bonds. The van der Waals surface area contributed by atoms with Gasteiger partial charge < -0.3 is 15.0 Å². The van der Waals surface area contributed by atoms with E-state index in [1.807, 2.05) is 0 Å². The number of Topliss-reactive ketones (excluding diaryl/α,β-unsaturated/α-hetero) is 1. The fourth-order valence-corrected chi connectivity index (χ4v) is 4.30. The number of hydrogen-bond donors (Lipinski definition) is 1. The smallest absolute Gasteiger partial charge is 0.220 e. The van der Waals surface area contributed by atoms with E-state index in [2.05, 4.69) is 10.2 Å². The molecule has 5 nitrogen and oxygen atoms in total. The Morgan fingerprint density at radius 1 is 1.07 bits per heavy atom. The Bertz CT molecular complexity index is 623. The van der Waals surface area contributed by atoms with Gasteiger partial charge in [-0.05, 0) is 56.0 Å². The number of likely N-dealkylation sites (tertiary alicyclic amines) is 1. The Balaban J connectivity index is 1.34. The quantitative estimate of drug-likeness (QED) is 0.710. The molecule has 3 rings (SSSR count). The number of carbonyl (C=O) groups is 2. The molecule has 1 aromatic rings. The van der Waals surface area contributed by atoms with Crippen LogP contribution in [-0.2, 0) is 4.79 Å². The molecule has 148 valence electrons. The Morgan fingerprint density at radius 2 is 1.81 bits per heavy atom. The molecule has 0 unspecified atom stereocenters. The van der Waals surface area contributed by atoms with Crippen molar-refractivity contribution in [3.8, 4) is 5.75 Å². The number of nitrogens with zero attached hydrogens (tertiary/aromatic N) is 1. The van der Waals surface area contributed by atoms with E-state index in [1.54, 1.807) is 31.4 Å². The van der Waals surface area contributed by atoms with Crippen LogP contribution in [0.25, 0.3) is 0 Å². The topological polar surface area (TPSA) is 58.6 Å². The maximum absolute atomic E-state index is 12.2. The van der Waals surface area contributed by atoms with Crippen molar-refractivity contribution in [1.29, 1.82) is 0 Å². The van der Waals surface area contributed by atoms with Crippen LogP contribution in [-0.4, -0.2) is 49.4 Å². The van der Waals surface area contributed by atoms with Crippen molar-refractivity contribution in [2.45, 2.75) is 57.4 Å². The average molecular weight is 373 g/mol. The molecule has 1 aliphatic carbocycles. The van der Waals surface area contributed by atoms with Gasteiger partial charge in [0.1, 0.15) is 5.75 Å². The third kappa shape index (κ3) is 5.80. The Morgan fingerprint density at radius 3 is 2.52 bits per heavy atom. The van der Waals surface area contributed by atoms with E-state index < -0.39 is 0 Å². The molecule has 1 aromatic carbocycles. The zero-order chi connectivity index (χ0) is 19.1. The van der Waals surface area contributed by atoms with Gasteiger partial charge in [0, 0.05) is 37.5 Å². The minimum Gasteiger partial charge on any atom is -0.497 e. The van der Waals surface area contributed by atoms with Gasteiger partial charge in [0.25, 0.3) is 0 Å². The van der Waals surface area contributed by atoms with Crippen LogP contribution >= 0.6 is 0 Å². The van der Waals surface area contributed by atoms with Crippen LogP contribution in [0.4, 0.5) is 0 Å². The lowest BCUT2D eigenvalue weighted by atomic mass is 9.94. The summed E-state index contributed by atoms with van der Waals surface area (Å²) in [6.07, 6.45) is 8.47. The molecule has 1 saturated carbocycles. The van der Waals surface area contributed by atoms with Gasteiger partial charge in [-0.2, -0.15) is 0 Å². The second-order valence-electron chi connectivity index (χ2n) is 7.90. The highest BCUT2D eigenvalue weighted by Crippen LogP contribution is 2.27. The number of benzene rings is 1. The lowest BCUT2D eigenvalue weighted by Crippen LogP contribution is -2.36. The maximum Gasteiger partial charge on any atom is 0.220 e. The number of hydrogen-bond acceptors (Lipinski definition) is 4. The zero-order valence-electron chi connectivity index (χ0n) is 16.4. The predicted octanol–water partition coefficient (Wildman–Crippen LogP) is 3.43. The van der Waals surface area contributed by atoms with Crippen LogP contribution in [0, 0.1) is 5.92 Å². The van der Waals surface area contributed by atoms with Gasteiger partial charge in [-0.1, -0.05) is 19.3 Å². The van der Waals surface area contributed by atoms with E-state index >= 15 is 0 Å². The summed E-state index contributed by atoms with van der Waals surface area (Å²) >= 11 is 0. The molecule has 0 aromatic heterocycles. The van der Waals surface area contributed by atoms with Crippen LogP contribution in [0.3, 0.4) is 0 Å². The van der Waals surface area contributed by atoms with Crippen LogP contribution in [0.1, 0.15) is 61.7 Å². The third-order valence-electron chi connectivity index (χ3n) is 5.99. The molecule has 0 radical (unpaired) electrons. The first-order chi connectivity index (χ1) is 13.2. The number of methoxy groups -OCH3 is 1. The van der Waals surface area contributed by atoms with Crippen molar-refractivity contribution in [2.24, 2.45) is 5.92 Å². The Labute approximate surface area is 162 Å². The molecule has 1 heterocycles. The van der Waals surface area contributed by atoms with Crippen LogP contribution in [0.2, 0.25) is 0 Å².